The highest BCUT2D eigenvalue weighted by molar-refractivity contribution is 9.11. The molecule has 0 amide bonds. The molecular weight excluding hydrogens is 1680 g/mol. The second-order valence-corrected chi connectivity index (χ2v) is 42.6. The second kappa shape index (κ2) is 45.3. The Morgan fingerprint density at radius 3 is 1.07 bits per heavy atom. The highest BCUT2D eigenvalue weighted by Crippen LogP contribution is 2.51. The van der Waals surface area contributed by atoms with E-state index in [1.807, 2.05) is 114 Å². The lowest BCUT2D eigenvalue weighted by atomic mass is 9.86. The Labute approximate surface area is 724 Å². The van der Waals surface area contributed by atoms with Crippen molar-refractivity contribution in [1.82, 2.24) is 0 Å². The first-order valence-electron chi connectivity index (χ1n) is 38.7. The van der Waals surface area contributed by atoms with Crippen molar-refractivity contribution in [1.29, 1.82) is 0 Å². The number of carbonyl (C=O) groups excluding carboxylic acids is 3. The molecule has 0 atom stereocenters. The van der Waals surface area contributed by atoms with Gasteiger partial charge in [0.25, 0.3) is 0 Å². The number of carbonyl (C=O) groups is 3. The summed E-state index contributed by atoms with van der Waals surface area (Å²) in [5.74, 6) is 15.4. The minimum absolute atomic E-state index is 0. The third kappa shape index (κ3) is 26.3. The zero-order valence-corrected chi connectivity index (χ0v) is 76.0. The van der Waals surface area contributed by atoms with Crippen molar-refractivity contribution < 1.29 is 47.2 Å². The van der Waals surface area contributed by atoms with E-state index >= 15 is 0 Å². The van der Waals surface area contributed by atoms with Crippen molar-refractivity contribution in [2.24, 2.45) is 0 Å². The number of hydrogen-bond donors (Lipinski definition) is 0. The van der Waals surface area contributed by atoms with Gasteiger partial charge in [0.15, 0.2) is 0 Å². The Balaban J connectivity index is 0.000000203. The molecule has 0 unspecified atom stereocenters. The SMILES string of the molecule is C.C.C#Cc1cc2sc3cc(-c4ccc(-c5cc6sc7cc(C#CCCCCCCCCCOC(=O)C=C)sc7c6s5)s4)sc3c2s1.C=CC(=O)OCCCCCCCCCC.C=CC(=O)OCCCCCCCCCC#Cc1cc2sc3cc(Br)sc3c2s1.CC1(C)OB(c2ccc(B3OC(C)(C)C(C)(C)O3)s2)OC1(C)C. The number of unbranched alkanes of at least 4 members (excludes halogenated alkanes) is 21. The molecule has 0 N–H and O–H groups in total. The predicted octanol–water partition coefficient (Wildman–Crippen LogP) is 28.9. The number of halogens is 1. The van der Waals surface area contributed by atoms with Crippen LogP contribution in [0.4, 0.5) is 0 Å². The van der Waals surface area contributed by atoms with Crippen LogP contribution >= 0.6 is 141 Å². The number of terminal acetylenes is 1. The van der Waals surface area contributed by atoms with E-state index in [-0.39, 0.29) is 69.4 Å². The maximum absolute atomic E-state index is 11.0. The van der Waals surface area contributed by atoms with Gasteiger partial charge in [0.1, 0.15) is 0 Å². The van der Waals surface area contributed by atoms with Gasteiger partial charge >= 0.3 is 32.1 Å². The molecule has 2 aliphatic rings. The van der Waals surface area contributed by atoms with E-state index in [1.54, 1.807) is 22.7 Å². The summed E-state index contributed by atoms with van der Waals surface area (Å²) in [6.07, 6.45) is 37.6. The van der Waals surface area contributed by atoms with Gasteiger partial charge in [-0.3, -0.25) is 0 Å². The first-order chi connectivity index (χ1) is 53.4. The van der Waals surface area contributed by atoms with Gasteiger partial charge in [-0.25, -0.2) is 14.4 Å². The number of esters is 3. The van der Waals surface area contributed by atoms with Gasteiger partial charge in [0.05, 0.1) is 88.8 Å². The summed E-state index contributed by atoms with van der Waals surface area (Å²) < 4.78 is 59.0. The molecule has 2 fully saturated rings. The van der Waals surface area contributed by atoms with Gasteiger partial charge in [-0.1, -0.05) is 192 Å². The lowest BCUT2D eigenvalue weighted by molar-refractivity contribution is -0.138. The van der Waals surface area contributed by atoms with Crippen LogP contribution in [0.2, 0.25) is 0 Å². The van der Waals surface area contributed by atoms with E-state index in [0.29, 0.717) is 19.8 Å². The lowest BCUT2D eigenvalue weighted by Gasteiger charge is -2.32. The third-order valence-corrected chi connectivity index (χ3v) is 34.0. The monoisotopic (exact) mass is 1790 g/mol. The van der Waals surface area contributed by atoms with Crippen LogP contribution in [0.15, 0.2) is 102 Å². The van der Waals surface area contributed by atoms with E-state index in [0.717, 1.165) is 72.2 Å². The molecule has 0 saturated carbocycles. The normalized spacial score (nSPS) is 14.2. The Morgan fingerprint density at radius 1 is 0.398 bits per heavy atom. The fraction of sp³-hybridized carbons (Fsp3) is 0.472. The van der Waals surface area contributed by atoms with Crippen LogP contribution in [0.1, 0.15) is 246 Å². The number of fused-ring (bicyclic) bond motifs is 9. The van der Waals surface area contributed by atoms with Crippen LogP contribution in [0.3, 0.4) is 0 Å². The van der Waals surface area contributed by atoms with E-state index in [9.17, 15) is 14.4 Å². The molecule has 0 aromatic carbocycles. The van der Waals surface area contributed by atoms with Crippen LogP contribution in [0.5, 0.6) is 0 Å². The van der Waals surface area contributed by atoms with E-state index in [4.69, 9.17) is 39.3 Å². The van der Waals surface area contributed by atoms with Crippen molar-refractivity contribution in [3.8, 4) is 55.5 Å². The maximum Gasteiger partial charge on any atom is 0.505 e. The topological polar surface area (TPSA) is 116 Å². The highest BCUT2D eigenvalue weighted by atomic mass is 79.9. The summed E-state index contributed by atoms with van der Waals surface area (Å²) in [6, 6.07) is 22.3. The zero-order valence-electron chi connectivity index (χ0n) is 65.4. The fourth-order valence-electron chi connectivity index (χ4n) is 12.2. The summed E-state index contributed by atoms with van der Waals surface area (Å²) in [4.78, 5) is 41.3. The molecular formula is C89H109B2BrO10S11. The molecule has 604 valence electrons. The number of rotatable bonds is 34. The quantitative estimate of drug-likeness (QED) is 0.00964. The molecule has 24 heteroatoms. The first kappa shape index (κ1) is 93.5. The third-order valence-electron chi connectivity index (χ3n) is 19.8. The van der Waals surface area contributed by atoms with Crippen molar-refractivity contribution in [3.05, 3.63) is 117 Å². The van der Waals surface area contributed by atoms with Crippen LogP contribution < -0.4 is 9.55 Å². The second-order valence-electron chi connectivity index (χ2n) is 29.4. The van der Waals surface area contributed by atoms with Gasteiger partial charge in [-0.15, -0.1) is 120 Å². The number of hydrogen-bond acceptors (Lipinski definition) is 21. The van der Waals surface area contributed by atoms with Crippen LogP contribution in [-0.2, 0) is 47.2 Å². The lowest BCUT2D eigenvalue weighted by Crippen LogP contribution is -2.41. The van der Waals surface area contributed by atoms with Crippen molar-refractivity contribution in [2.45, 2.75) is 254 Å². The molecule has 2 aliphatic heterocycles. The molecule has 13 rings (SSSR count). The van der Waals surface area contributed by atoms with Gasteiger partial charge < -0.3 is 32.8 Å². The van der Waals surface area contributed by atoms with Crippen molar-refractivity contribution >= 4 is 239 Å². The van der Waals surface area contributed by atoms with E-state index in [2.05, 4.69) is 176 Å². The average molecular weight is 1790 g/mol. The Kier molecular flexibility index (Phi) is 37.5. The van der Waals surface area contributed by atoms with Crippen molar-refractivity contribution in [2.75, 3.05) is 19.8 Å². The Hall–Kier alpha value is -4.98. The summed E-state index contributed by atoms with van der Waals surface area (Å²) in [5.41, 5.74) is -1.31. The molecule has 11 aromatic heterocycles. The van der Waals surface area contributed by atoms with Crippen molar-refractivity contribution in [3.63, 3.8) is 0 Å². The molecule has 13 heterocycles. The molecule has 113 heavy (non-hydrogen) atoms. The van der Waals surface area contributed by atoms with Crippen LogP contribution in [0.25, 0.3) is 75.9 Å². The Morgan fingerprint density at radius 2 is 0.708 bits per heavy atom. The van der Waals surface area contributed by atoms with Crippen LogP contribution in [-0.4, -0.2) is 74.4 Å². The summed E-state index contributed by atoms with van der Waals surface area (Å²) in [7, 11) is -0.664. The molecule has 0 radical (unpaired) electrons. The Bertz CT molecular complexity index is 5010. The summed E-state index contributed by atoms with van der Waals surface area (Å²) >= 11 is 23.7. The fourth-order valence-corrected chi connectivity index (χ4v) is 26.5. The van der Waals surface area contributed by atoms with E-state index in [1.165, 1.54) is 204 Å². The van der Waals surface area contributed by atoms with Gasteiger partial charge in [0, 0.05) is 88.3 Å². The first-order valence-corrected chi connectivity index (χ1v) is 48.5. The van der Waals surface area contributed by atoms with Gasteiger partial charge in [0.2, 0.25) is 0 Å². The molecule has 10 nitrogen and oxygen atoms in total. The van der Waals surface area contributed by atoms with Gasteiger partial charge in [-0.2, -0.15) is 11.3 Å². The standard InChI is InChI=1S/C36H28O2S7.C22H23BrO2S3.C16H26B2O4S.C13H24O2.2CH4/c1-3-22-18-28-33(39-22)35-30(42-28)20-26(44-35)24-15-16-25(41-24)27-21-31-36(45-27)34-29(43-31)19-23(40-34)14-12-10-8-6-5-7-9-11-13-17-38-32(37)4-2;1-2-20(24)25-13-11-9-7-5-3-4-6-8-10-12-16-14-17-21(26-16)22-18(27-17)15-19(23)28-22;1-13(2)14(3,4)20-17(19-13)11-9-10-12(23-11)18-21-15(5,6)16(7,8)22-18;1-3-5-6-7-8-9-10-11-12-15-13(14)4-2;;/h1,4,15-16,18-21H,2,5-11,13,17H2;2,14-15H,1,3-9,11,13H2;9-10H,1-8H3;4H,2-3,5-12H2,1H3;2*1H4. The summed E-state index contributed by atoms with van der Waals surface area (Å²) in [6.45, 7) is 30.4. The maximum atomic E-state index is 11.0. The van der Waals surface area contributed by atoms with Gasteiger partial charge in [-0.05, 0) is 152 Å². The summed E-state index contributed by atoms with van der Waals surface area (Å²) in [5, 5.41) is 0. The zero-order chi connectivity index (χ0) is 79.1. The molecule has 11 aromatic rings. The average Bonchev–Trinajstić information content (AvgIpc) is 1.61. The smallest absolute Gasteiger partial charge is 0.463 e. The molecule has 2 saturated heterocycles. The molecule has 0 spiro atoms. The minimum atomic E-state index is -0.332. The van der Waals surface area contributed by atoms with Crippen LogP contribution in [0, 0.1) is 36.0 Å². The number of thiophene rings is 11. The highest BCUT2D eigenvalue weighted by Gasteiger charge is 2.54. The predicted molar refractivity (Wildman–Crippen MR) is 506 cm³/mol. The molecule has 0 bridgehead atoms. The minimum Gasteiger partial charge on any atom is -0.463 e. The number of ether oxygens (including phenoxy) is 3. The largest absolute Gasteiger partial charge is 0.505 e. The van der Waals surface area contributed by atoms with E-state index < -0.39 is 0 Å². The molecule has 0 aliphatic carbocycles.